The summed E-state index contributed by atoms with van der Waals surface area (Å²) in [5.74, 6) is -0.0131. The number of aromatic amines is 1. The van der Waals surface area contributed by atoms with Gasteiger partial charge in [0.2, 0.25) is 11.5 Å². The highest BCUT2D eigenvalue weighted by molar-refractivity contribution is 9.09. The lowest BCUT2D eigenvalue weighted by Crippen LogP contribution is -2.12. The number of fused-ring (bicyclic) bond motifs is 1. The van der Waals surface area contributed by atoms with Gasteiger partial charge in [0.1, 0.15) is 0 Å². The first-order chi connectivity index (χ1) is 10.1. The van der Waals surface area contributed by atoms with Gasteiger partial charge in [-0.15, -0.1) is 0 Å². The van der Waals surface area contributed by atoms with Crippen LogP contribution in [0.2, 0.25) is 0 Å². The molecule has 0 bridgehead atoms. The molecule has 0 saturated carbocycles. The molecule has 0 radical (unpaired) electrons. The molecule has 2 rings (SSSR count). The van der Waals surface area contributed by atoms with E-state index in [0.29, 0.717) is 12.1 Å². The fraction of sp³-hybridized carbons (Fsp3) is 0.375. The number of halogens is 1. The van der Waals surface area contributed by atoms with Crippen LogP contribution in [-0.4, -0.2) is 16.2 Å². The maximum Gasteiger partial charge on any atom is 0.248 e. The molecular weight excluding hydrogens is 332 g/mol. The number of alkyl halides is 1. The van der Waals surface area contributed by atoms with Crippen molar-refractivity contribution >= 4 is 38.4 Å². The van der Waals surface area contributed by atoms with Crippen molar-refractivity contribution in [3.05, 3.63) is 40.2 Å². The number of anilines is 1. The van der Waals surface area contributed by atoms with Crippen molar-refractivity contribution in [3.8, 4) is 0 Å². The molecule has 0 atom stereocenters. The molecule has 21 heavy (non-hydrogen) atoms. The predicted molar refractivity (Wildman–Crippen MR) is 90.2 cm³/mol. The van der Waals surface area contributed by atoms with Crippen molar-refractivity contribution in [1.29, 1.82) is 0 Å². The van der Waals surface area contributed by atoms with Crippen molar-refractivity contribution in [1.82, 2.24) is 4.98 Å². The second kappa shape index (κ2) is 7.41. The molecule has 0 saturated heterocycles. The molecule has 0 unspecified atom stereocenters. The molecule has 1 aromatic heterocycles. The minimum atomic E-state index is -0.103. The summed E-state index contributed by atoms with van der Waals surface area (Å²) in [6.07, 6.45) is 3.15. The van der Waals surface area contributed by atoms with E-state index < -0.39 is 0 Å². The number of rotatable bonds is 6. The molecule has 0 aliphatic heterocycles. The third-order valence-electron chi connectivity index (χ3n) is 3.27. The first kappa shape index (κ1) is 15.8. The van der Waals surface area contributed by atoms with E-state index in [4.69, 9.17) is 0 Å². The zero-order valence-corrected chi connectivity index (χ0v) is 13.6. The molecule has 5 heteroatoms. The topological polar surface area (TPSA) is 62.0 Å². The Kier molecular flexibility index (Phi) is 5.56. The largest absolute Gasteiger partial charge is 0.326 e. The quantitative estimate of drug-likeness (QED) is 0.782. The summed E-state index contributed by atoms with van der Waals surface area (Å²) >= 11 is 3.31. The minimum Gasteiger partial charge on any atom is -0.326 e. The summed E-state index contributed by atoms with van der Waals surface area (Å²) in [6, 6.07) is 7.31. The number of hydrogen-bond donors (Lipinski definition) is 2. The summed E-state index contributed by atoms with van der Waals surface area (Å²) in [5, 5.41) is 4.71. The van der Waals surface area contributed by atoms with Crippen molar-refractivity contribution < 1.29 is 4.79 Å². The number of amides is 1. The van der Waals surface area contributed by atoms with E-state index in [2.05, 4.69) is 33.2 Å². The SMILES string of the molecule is CCCc1cc(=O)[nH]c2cc(NC(=O)CCCBr)ccc12. The lowest BCUT2D eigenvalue weighted by molar-refractivity contribution is -0.116. The number of hydrogen-bond acceptors (Lipinski definition) is 2. The van der Waals surface area contributed by atoms with Gasteiger partial charge >= 0.3 is 0 Å². The Balaban J connectivity index is 2.29. The standard InChI is InChI=1S/C16H19BrN2O2/c1-2-4-11-9-16(21)19-14-10-12(6-7-13(11)14)18-15(20)5-3-8-17/h6-7,9-10H,2-5,8H2,1H3,(H,18,20)(H,19,21). The Morgan fingerprint density at radius 2 is 2.14 bits per heavy atom. The van der Waals surface area contributed by atoms with Crippen molar-refractivity contribution in [3.63, 3.8) is 0 Å². The molecular formula is C16H19BrN2O2. The molecule has 2 aromatic rings. The fourth-order valence-electron chi connectivity index (χ4n) is 2.34. The zero-order chi connectivity index (χ0) is 15.2. The average Bonchev–Trinajstić information content (AvgIpc) is 2.45. The van der Waals surface area contributed by atoms with Crippen LogP contribution in [-0.2, 0) is 11.2 Å². The molecule has 1 aromatic carbocycles. The van der Waals surface area contributed by atoms with Gasteiger partial charge in [0, 0.05) is 28.9 Å². The van der Waals surface area contributed by atoms with Crippen LogP contribution in [0.15, 0.2) is 29.1 Å². The first-order valence-electron chi connectivity index (χ1n) is 7.16. The van der Waals surface area contributed by atoms with Crippen LogP contribution >= 0.6 is 15.9 Å². The van der Waals surface area contributed by atoms with E-state index >= 15 is 0 Å². The summed E-state index contributed by atoms with van der Waals surface area (Å²) in [7, 11) is 0. The second-order valence-corrected chi connectivity index (χ2v) is 5.80. The molecule has 0 aliphatic carbocycles. The number of H-pyrrole nitrogens is 1. The Bertz CT molecular complexity index is 694. The fourth-order valence-corrected chi connectivity index (χ4v) is 2.62. The van der Waals surface area contributed by atoms with Crippen LogP contribution in [0.4, 0.5) is 5.69 Å². The van der Waals surface area contributed by atoms with Crippen LogP contribution in [0.25, 0.3) is 10.9 Å². The Hall–Kier alpha value is -1.62. The summed E-state index contributed by atoms with van der Waals surface area (Å²) < 4.78 is 0. The van der Waals surface area contributed by atoms with Gasteiger partial charge < -0.3 is 10.3 Å². The Morgan fingerprint density at radius 3 is 2.86 bits per heavy atom. The first-order valence-corrected chi connectivity index (χ1v) is 8.28. The van der Waals surface area contributed by atoms with E-state index in [9.17, 15) is 9.59 Å². The van der Waals surface area contributed by atoms with E-state index in [1.807, 2.05) is 18.2 Å². The molecule has 1 amide bonds. The van der Waals surface area contributed by atoms with Crippen LogP contribution in [0.1, 0.15) is 31.7 Å². The molecule has 0 spiro atoms. The smallest absolute Gasteiger partial charge is 0.248 e. The maximum absolute atomic E-state index is 11.7. The molecule has 2 N–H and O–H groups in total. The summed E-state index contributed by atoms with van der Waals surface area (Å²) in [5.41, 5.74) is 2.43. The van der Waals surface area contributed by atoms with Crippen molar-refractivity contribution in [2.45, 2.75) is 32.6 Å². The van der Waals surface area contributed by atoms with Crippen LogP contribution in [0.5, 0.6) is 0 Å². The van der Waals surface area contributed by atoms with Gasteiger partial charge in [-0.2, -0.15) is 0 Å². The van der Waals surface area contributed by atoms with Gasteiger partial charge in [-0.25, -0.2) is 0 Å². The van der Waals surface area contributed by atoms with Crippen LogP contribution < -0.4 is 10.9 Å². The van der Waals surface area contributed by atoms with Gasteiger partial charge in [-0.3, -0.25) is 9.59 Å². The number of benzene rings is 1. The molecule has 4 nitrogen and oxygen atoms in total. The Labute approximate surface area is 132 Å². The van der Waals surface area contributed by atoms with Crippen LogP contribution in [0.3, 0.4) is 0 Å². The van der Waals surface area contributed by atoms with E-state index in [-0.39, 0.29) is 11.5 Å². The summed E-state index contributed by atoms with van der Waals surface area (Å²) in [6.45, 7) is 2.09. The van der Waals surface area contributed by atoms with E-state index in [1.54, 1.807) is 6.07 Å². The second-order valence-electron chi connectivity index (χ2n) is 5.01. The number of nitrogens with one attached hydrogen (secondary N) is 2. The third kappa shape index (κ3) is 4.17. The molecule has 0 fully saturated rings. The normalized spacial score (nSPS) is 10.8. The van der Waals surface area contributed by atoms with Crippen molar-refractivity contribution in [2.75, 3.05) is 10.6 Å². The maximum atomic E-state index is 11.7. The monoisotopic (exact) mass is 350 g/mol. The van der Waals surface area contributed by atoms with E-state index in [1.165, 1.54) is 0 Å². The van der Waals surface area contributed by atoms with Crippen LogP contribution in [0, 0.1) is 0 Å². The summed E-state index contributed by atoms with van der Waals surface area (Å²) in [4.78, 5) is 26.3. The van der Waals surface area contributed by atoms with Crippen molar-refractivity contribution in [2.24, 2.45) is 0 Å². The number of pyridine rings is 1. The Morgan fingerprint density at radius 1 is 1.33 bits per heavy atom. The van der Waals surface area contributed by atoms with Gasteiger partial charge in [0.05, 0.1) is 5.52 Å². The number of aromatic nitrogens is 1. The predicted octanol–water partition coefficient (Wildman–Crippen LogP) is 3.59. The number of carbonyl (C=O) groups excluding carboxylic acids is 1. The minimum absolute atomic E-state index is 0.0131. The highest BCUT2D eigenvalue weighted by Gasteiger charge is 2.06. The average molecular weight is 351 g/mol. The molecule has 112 valence electrons. The lowest BCUT2D eigenvalue weighted by Gasteiger charge is -2.09. The molecule has 0 aliphatic rings. The lowest BCUT2D eigenvalue weighted by atomic mass is 10.0. The van der Waals surface area contributed by atoms with Gasteiger partial charge in [0.25, 0.3) is 0 Å². The number of carbonyl (C=O) groups is 1. The number of aryl methyl sites for hydroxylation is 1. The third-order valence-corrected chi connectivity index (χ3v) is 3.83. The highest BCUT2D eigenvalue weighted by Crippen LogP contribution is 2.21. The molecule has 1 heterocycles. The van der Waals surface area contributed by atoms with Gasteiger partial charge in [0.15, 0.2) is 0 Å². The van der Waals surface area contributed by atoms with E-state index in [0.717, 1.165) is 41.1 Å². The zero-order valence-electron chi connectivity index (χ0n) is 12.0. The highest BCUT2D eigenvalue weighted by atomic mass is 79.9. The van der Waals surface area contributed by atoms with Gasteiger partial charge in [-0.1, -0.05) is 35.3 Å². The van der Waals surface area contributed by atoms with Gasteiger partial charge in [-0.05, 0) is 30.5 Å².